The Hall–Kier alpha value is -2.53. The molecule has 0 bridgehead atoms. The molecule has 4 rings (SSSR count). The SMILES string of the molecule is O=[N+]([O-])c1cccc(-c2noc(CSc3nnc(NC4CCCCC4)s3)n2)c1. The maximum Gasteiger partial charge on any atom is 0.270 e. The van der Waals surface area contributed by atoms with Crippen LogP contribution in [0.3, 0.4) is 0 Å². The summed E-state index contributed by atoms with van der Waals surface area (Å²) in [4.78, 5) is 14.8. The first kappa shape index (κ1) is 18.8. The van der Waals surface area contributed by atoms with E-state index < -0.39 is 4.92 Å². The van der Waals surface area contributed by atoms with Crippen molar-refractivity contribution in [2.75, 3.05) is 5.32 Å². The first-order chi connectivity index (χ1) is 13.7. The van der Waals surface area contributed by atoms with Crippen molar-refractivity contribution in [1.29, 1.82) is 0 Å². The van der Waals surface area contributed by atoms with Gasteiger partial charge in [-0.05, 0) is 12.8 Å². The molecule has 1 aliphatic rings. The molecule has 1 aliphatic carbocycles. The third-order valence-electron chi connectivity index (χ3n) is 4.44. The molecule has 11 heteroatoms. The van der Waals surface area contributed by atoms with Crippen LogP contribution in [0.2, 0.25) is 0 Å². The van der Waals surface area contributed by atoms with Gasteiger partial charge in [0.05, 0.1) is 10.7 Å². The standard InChI is InChI=1S/C17H18N6O3S2/c24-23(25)13-8-4-5-11(9-13)15-19-14(26-22-15)10-27-17-21-20-16(28-17)18-12-6-2-1-3-7-12/h4-5,8-9,12H,1-3,6-7,10H2,(H,18,20). The molecular formula is C17H18N6O3S2. The van der Waals surface area contributed by atoms with Gasteiger partial charge in [0.2, 0.25) is 16.8 Å². The molecule has 3 aromatic rings. The largest absolute Gasteiger partial charge is 0.357 e. The first-order valence-electron chi connectivity index (χ1n) is 8.97. The van der Waals surface area contributed by atoms with Crippen molar-refractivity contribution in [3.05, 3.63) is 40.3 Å². The number of rotatable bonds is 7. The first-order valence-corrected chi connectivity index (χ1v) is 10.8. The lowest BCUT2D eigenvalue weighted by Gasteiger charge is -2.21. The summed E-state index contributed by atoms with van der Waals surface area (Å²) in [5, 5.41) is 27.5. The molecule has 0 amide bonds. The van der Waals surface area contributed by atoms with Gasteiger partial charge in [-0.2, -0.15) is 4.98 Å². The van der Waals surface area contributed by atoms with Gasteiger partial charge >= 0.3 is 0 Å². The smallest absolute Gasteiger partial charge is 0.270 e. The molecule has 9 nitrogen and oxygen atoms in total. The topological polar surface area (TPSA) is 120 Å². The fourth-order valence-electron chi connectivity index (χ4n) is 3.06. The van der Waals surface area contributed by atoms with Gasteiger partial charge in [-0.25, -0.2) is 0 Å². The average molecular weight is 419 g/mol. The molecular weight excluding hydrogens is 400 g/mol. The average Bonchev–Trinajstić information content (AvgIpc) is 3.37. The van der Waals surface area contributed by atoms with Gasteiger partial charge in [-0.1, -0.05) is 59.7 Å². The number of benzene rings is 1. The summed E-state index contributed by atoms with van der Waals surface area (Å²) in [5.41, 5.74) is 0.536. The van der Waals surface area contributed by atoms with Crippen molar-refractivity contribution in [3.63, 3.8) is 0 Å². The summed E-state index contributed by atoms with van der Waals surface area (Å²) >= 11 is 2.99. The molecule has 1 fully saturated rings. The summed E-state index contributed by atoms with van der Waals surface area (Å²) in [6.07, 6.45) is 6.22. The molecule has 0 radical (unpaired) electrons. The van der Waals surface area contributed by atoms with Crippen molar-refractivity contribution >= 4 is 33.9 Å². The predicted octanol–water partition coefficient (Wildman–Crippen LogP) is 4.53. The summed E-state index contributed by atoms with van der Waals surface area (Å²) in [6.45, 7) is 0. The lowest BCUT2D eigenvalue weighted by atomic mass is 9.96. The summed E-state index contributed by atoms with van der Waals surface area (Å²) in [5.74, 6) is 1.22. The molecule has 0 saturated heterocycles. The minimum Gasteiger partial charge on any atom is -0.357 e. The van der Waals surface area contributed by atoms with Gasteiger partial charge in [0.15, 0.2) is 4.34 Å². The van der Waals surface area contributed by atoms with E-state index in [2.05, 4.69) is 25.7 Å². The van der Waals surface area contributed by atoms with Crippen LogP contribution in [0.1, 0.15) is 38.0 Å². The maximum absolute atomic E-state index is 10.9. The molecule has 1 aromatic carbocycles. The van der Waals surface area contributed by atoms with Crippen LogP contribution in [0.25, 0.3) is 11.4 Å². The number of nitrogens with zero attached hydrogens (tertiary/aromatic N) is 5. The predicted molar refractivity (Wildman–Crippen MR) is 106 cm³/mol. The summed E-state index contributed by atoms with van der Waals surface area (Å²) in [7, 11) is 0. The highest BCUT2D eigenvalue weighted by Crippen LogP contribution is 2.30. The highest BCUT2D eigenvalue weighted by Gasteiger charge is 2.16. The van der Waals surface area contributed by atoms with E-state index in [0.29, 0.717) is 29.1 Å². The molecule has 0 atom stereocenters. The van der Waals surface area contributed by atoms with Crippen LogP contribution in [-0.4, -0.2) is 31.3 Å². The zero-order chi connectivity index (χ0) is 19.3. The molecule has 1 saturated carbocycles. The number of hydrogen-bond acceptors (Lipinski definition) is 10. The number of non-ortho nitro benzene ring substituents is 1. The second-order valence-electron chi connectivity index (χ2n) is 6.46. The van der Waals surface area contributed by atoms with Crippen molar-refractivity contribution in [1.82, 2.24) is 20.3 Å². The summed E-state index contributed by atoms with van der Waals surface area (Å²) < 4.78 is 6.09. The van der Waals surface area contributed by atoms with Crippen LogP contribution in [0.5, 0.6) is 0 Å². The third kappa shape index (κ3) is 4.65. The summed E-state index contributed by atoms with van der Waals surface area (Å²) in [6, 6.07) is 6.65. The van der Waals surface area contributed by atoms with E-state index in [1.165, 1.54) is 67.3 Å². The Kier molecular flexibility index (Phi) is 5.81. The molecule has 2 heterocycles. The van der Waals surface area contributed by atoms with E-state index in [1.54, 1.807) is 12.1 Å². The Morgan fingerprint density at radius 2 is 2.14 bits per heavy atom. The quantitative estimate of drug-likeness (QED) is 0.335. The van der Waals surface area contributed by atoms with Crippen molar-refractivity contribution in [3.8, 4) is 11.4 Å². The highest BCUT2D eigenvalue weighted by atomic mass is 32.2. The lowest BCUT2D eigenvalue weighted by molar-refractivity contribution is -0.384. The number of anilines is 1. The Labute approximate surface area is 169 Å². The minimum atomic E-state index is -0.450. The second-order valence-corrected chi connectivity index (χ2v) is 8.66. The Bertz CT molecular complexity index is 954. The highest BCUT2D eigenvalue weighted by molar-refractivity contribution is 8.00. The van der Waals surface area contributed by atoms with Crippen LogP contribution >= 0.6 is 23.1 Å². The van der Waals surface area contributed by atoms with Crippen LogP contribution in [-0.2, 0) is 5.75 Å². The van der Waals surface area contributed by atoms with Crippen LogP contribution in [0.15, 0.2) is 33.1 Å². The maximum atomic E-state index is 10.9. The van der Waals surface area contributed by atoms with Gasteiger partial charge in [-0.3, -0.25) is 10.1 Å². The molecule has 0 aliphatic heterocycles. The molecule has 1 N–H and O–H groups in total. The number of nitro benzene ring substituents is 1. The van der Waals surface area contributed by atoms with Crippen molar-refractivity contribution < 1.29 is 9.45 Å². The van der Waals surface area contributed by atoms with Gasteiger partial charge in [-0.15, -0.1) is 10.2 Å². The van der Waals surface area contributed by atoms with Crippen molar-refractivity contribution in [2.45, 2.75) is 48.2 Å². The van der Waals surface area contributed by atoms with E-state index in [4.69, 9.17) is 4.52 Å². The van der Waals surface area contributed by atoms with Gasteiger partial charge in [0, 0.05) is 23.7 Å². The van der Waals surface area contributed by atoms with E-state index in [9.17, 15) is 10.1 Å². The Morgan fingerprint density at radius 1 is 1.29 bits per heavy atom. The van der Waals surface area contributed by atoms with Crippen molar-refractivity contribution in [2.24, 2.45) is 0 Å². The fourth-order valence-corrected chi connectivity index (χ4v) is 4.73. The number of aromatic nitrogens is 4. The van der Waals surface area contributed by atoms with Crippen LogP contribution in [0, 0.1) is 10.1 Å². The van der Waals surface area contributed by atoms with Gasteiger partial charge in [0.1, 0.15) is 0 Å². The molecule has 2 aromatic heterocycles. The zero-order valence-electron chi connectivity index (χ0n) is 14.9. The Morgan fingerprint density at radius 3 is 2.96 bits per heavy atom. The third-order valence-corrected chi connectivity index (χ3v) is 6.41. The number of thioether (sulfide) groups is 1. The molecule has 0 unspecified atom stereocenters. The van der Waals surface area contributed by atoms with Crippen LogP contribution in [0.4, 0.5) is 10.8 Å². The van der Waals surface area contributed by atoms with E-state index >= 15 is 0 Å². The van der Waals surface area contributed by atoms with E-state index in [-0.39, 0.29) is 5.69 Å². The normalized spacial score (nSPS) is 14.9. The van der Waals surface area contributed by atoms with Gasteiger partial charge < -0.3 is 9.84 Å². The Balaban J connectivity index is 1.35. The van der Waals surface area contributed by atoms with E-state index in [0.717, 1.165) is 9.47 Å². The van der Waals surface area contributed by atoms with E-state index in [1.807, 2.05) is 0 Å². The zero-order valence-corrected chi connectivity index (χ0v) is 16.5. The number of hydrogen-bond donors (Lipinski definition) is 1. The fraction of sp³-hybridized carbons (Fsp3) is 0.412. The van der Waals surface area contributed by atoms with Gasteiger partial charge in [0.25, 0.3) is 5.69 Å². The number of nitrogens with one attached hydrogen (secondary N) is 1. The second kappa shape index (κ2) is 8.65. The minimum absolute atomic E-state index is 0.00919. The molecule has 0 spiro atoms. The number of nitro groups is 1. The molecule has 28 heavy (non-hydrogen) atoms. The lowest BCUT2D eigenvalue weighted by Crippen LogP contribution is -2.21. The van der Waals surface area contributed by atoms with Crippen LogP contribution < -0.4 is 5.32 Å². The monoisotopic (exact) mass is 418 g/mol. The molecule has 146 valence electrons.